The number of halogens is 1. The first-order valence-corrected chi connectivity index (χ1v) is 5.70. The van der Waals surface area contributed by atoms with Gasteiger partial charge in [0, 0.05) is 22.1 Å². The van der Waals surface area contributed by atoms with Crippen molar-refractivity contribution in [3.05, 3.63) is 40.0 Å². The summed E-state index contributed by atoms with van der Waals surface area (Å²) in [5, 5.41) is 4.33. The van der Waals surface area contributed by atoms with E-state index in [2.05, 4.69) is 38.4 Å². The maximum atomic E-state index is 4.57. The molecule has 1 N–H and O–H groups in total. The molecule has 0 aliphatic heterocycles. The first kappa shape index (κ1) is 10.6. The second-order valence-electron chi connectivity index (χ2n) is 3.60. The van der Waals surface area contributed by atoms with E-state index in [9.17, 15) is 0 Å². The Balaban J connectivity index is 2.61. The Morgan fingerprint density at radius 1 is 1.33 bits per heavy atom. The molecule has 0 bridgehead atoms. The number of nitrogens with zero attached hydrogens (tertiary/aromatic N) is 1. The van der Waals surface area contributed by atoms with Crippen LogP contribution in [0.4, 0.5) is 0 Å². The zero-order valence-electron chi connectivity index (χ0n) is 8.84. The molecule has 1 aromatic heterocycles. The van der Waals surface area contributed by atoms with Crippen molar-refractivity contribution in [2.45, 2.75) is 13.5 Å². The topological polar surface area (TPSA) is 24.9 Å². The standard InChI is InChI=1S/C12H13BrN2/c1-8-10(7-14-2)5-9-6-11(13)3-4-12(9)15-8/h3-6,14H,7H2,1-2H3. The van der Waals surface area contributed by atoms with Crippen molar-refractivity contribution in [1.82, 2.24) is 10.3 Å². The summed E-state index contributed by atoms with van der Waals surface area (Å²) in [5.74, 6) is 0. The van der Waals surface area contributed by atoms with Gasteiger partial charge in [-0.05, 0) is 43.8 Å². The lowest BCUT2D eigenvalue weighted by molar-refractivity contribution is 0.807. The average molecular weight is 265 g/mol. The summed E-state index contributed by atoms with van der Waals surface area (Å²) in [6, 6.07) is 8.35. The molecule has 0 saturated carbocycles. The van der Waals surface area contributed by atoms with Crippen LogP contribution in [0, 0.1) is 6.92 Å². The molecular weight excluding hydrogens is 252 g/mol. The Morgan fingerprint density at radius 2 is 2.13 bits per heavy atom. The molecule has 1 aromatic carbocycles. The second kappa shape index (κ2) is 4.29. The number of hydrogen-bond acceptors (Lipinski definition) is 2. The van der Waals surface area contributed by atoms with E-state index >= 15 is 0 Å². The number of hydrogen-bond donors (Lipinski definition) is 1. The maximum Gasteiger partial charge on any atom is 0.0706 e. The van der Waals surface area contributed by atoms with Crippen LogP contribution in [0.3, 0.4) is 0 Å². The van der Waals surface area contributed by atoms with Crippen molar-refractivity contribution in [1.29, 1.82) is 0 Å². The van der Waals surface area contributed by atoms with Crippen molar-refractivity contribution in [3.8, 4) is 0 Å². The fourth-order valence-electron chi connectivity index (χ4n) is 1.66. The first-order valence-electron chi connectivity index (χ1n) is 4.91. The first-order chi connectivity index (χ1) is 7.20. The van der Waals surface area contributed by atoms with E-state index in [4.69, 9.17) is 0 Å². The molecule has 1 heterocycles. The minimum atomic E-state index is 0.862. The Bertz CT molecular complexity index is 494. The number of nitrogens with one attached hydrogen (secondary N) is 1. The Hall–Kier alpha value is -0.930. The summed E-state index contributed by atoms with van der Waals surface area (Å²) in [7, 11) is 1.95. The second-order valence-corrected chi connectivity index (χ2v) is 4.52. The number of aromatic nitrogens is 1. The van der Waals surface area contributed by atoms with Gasteiger partial charge in [0.05, 0.1) is 5.52 Å². The van der Waals surface area contributed by atoms with Gasteiger partial charge in [-0.25, -0.2) is 0 Å². The Kier molecular flexibility index (Phi) is 3.03. The van der Waals surface area contributed by atoms with Gasteiger partial charge < -0.3 is 5.32 Å². The van der Waals surface area contributed by atoms with E-state index in [1.165, 1.54) is 10.9 Å². The molecule has 2 rings (SSSR count). The quantitative estimate of drug-likeness (QED) is 0.902. The molecule has 0 aliphatic carbocycles. The fraction of sp³-hybridized carbons (Fsp3) is 0.250. The van der Waals surface area contributed by atoms with Crippen LogP contribution in [0.15, 0.2) is 28.7 Å². The molecule has 0 fully saturated rings. The molecule has 0 atom stereocenters. The molecule has 2 aromatic rings. The Morgan fingerprint density at radius 3 is 2.87 bits per heavy atom. The summed E-state index contributed by atoms with van der Waals surface area (Å²) < 4.78 is 1.09. The van der Waals surface area contributed by atoms with Crippen molar-refractivity contribution in [2.24, 2.45) is 0 Å². The third kappa shape index (κ3) is 2.19. The number of aryl methyl sites for hydroxylation is 1. The van der Waals surface area contributed by atoms with Crippen LogP contribution in [-0.4, -0.2) is 12.0 Å². The zero-order valence-corrected chi connectivity index (χ0v) is 10.4. The summed E-state index contributed by atoms with van der Waals surface area (Å²) in [6.07, 6.45) is 0. The third-order valence-corrected chi connectivity index (χ3v) is 2.93. The van der Waals surface area contributed by atoms with Crippen molar-refractivity contribution in [2.75, 3.05) is 7.05 Å². The van der Waals surface area contributed by atoms with Crippen molar-refractivity contribution < 1.29 is 0 Å². The molecule has 0 spiro atoms. The molecule has 0 saturated heterocycles. The van der Waals surface area contributed by atoms with Crippen molar-refractivity contribution >= 4 is 26.8 Å². The number of pyridine rings is 1. The minimum Gasteiger partial charge on any atom is -0.316 e. The third-order valence-electron chi connectivity index (χ3n) is 2.44. The largest absolute Gasteiger partial charge is 0.316 e. The monoisotopic (exact) mass is 264 g/mol. The van der Waals surface area contributed by atoms with Gasteiger partial charge in [0.25, 0.3) is 0 Å². The number of fused-ring (bicyclic) bond motifs is 1. The molecule has 3 heteroatoms. The molecular formula is C12H13BrN2. The van der Waals surface area contributed by atoms with Gasteiger partial charge in [0.2, 0.25) is 0 Å². The van der Waals surface area contributed by atoms with E-state index in [0.717, 1.165) is 22.2 Å². The summed E-state index contributed by atoms with van der Waals surface area (Å²) in [5.41, 5.74) is 3.40. The number of rotatable bonds is 2. The van der Waals surface area contributed by atoms with Gasteiger partial charge in [-0.1, -0.05) is 15.9 Å². The molecule has 0 amide bonds. The number of benzene rings is 1. The van der Waals surface area contributed by atoms with E-state index in [1.807, 2.05) is 26.1 Å². The van der Waals surface area contributed by atoms with Crippen LogP contribution in [0.25, 0.3) is 10.9 Å². The van der Waals surface area contributed by atoms with E-state index in [0.29, 0.717) is 0 Å². The maximum absolute atomic E-state index is 4.57. The van der Waals surface area contributed by atoms with Gasteiger partial charge in [-0.15, -0.1) is 0 Å². The summed E-state index contributed by atoms with van der Waals surface area (Å²) in [4.78, 5) is 4.57. The normalized spacial score (nSPS) is 10.9. The van der Waals surface area contributed by atoms with Crippen LogP contribution in [-0.2, 0) is 6.54 Å². The van der Waals surface area contributed by atoms with Crippen LogP contribution in [0.5, 0.6) is 0 Å². The summed E-state index contributed by atoms with van der Waals surface area (Å²) >= 11 is 3.47. The zero-order chi connectivity index (χ0) is 10.8. The SMILES string of the molecule is CNCc1cc2cc(Br)ccc2nc1C. The van der Waals surface area contributed by atoms with Crippen molar-refractivity contribution in [3.63, 3.8) is 0 Å². The van der Waals surface area contributed by atoms with Gasteiger partial charge in [0.1, 0.15) is 0 Å². The van der Waals surface area contributed by atoms with E-state index in [-0.39, 0.29) is 0 Å². The van der Waals surface area contributed by atoms with Gasteiger partial charge >= 0.3 is 0 Å². The lowest BCUT2D eigenvalue weighted by atomic mass is 10.1. The highest BCUT2D eigenvalue weighted by atomic mass is 79.9. The fourth-order valence-corrected chi connectivity index (χ4v) is 2.04. The highest BCUT2D eigenvalue weighted by molar-refractivity contribution is 9.10. The lowest BCUT2D eigenvalue weighted by Gasteiger charge is -2.07. The predicted octanol–water partition coefficient (Wildman–Crippen LogP) is 3.03. The van der Waals surface area contributed by atoms with Gasteiger partial charge in [-0.2, -0.15) is 0 Å². The van der Waals surface area contributed by atoms with Crippen LogP contribution >= 0.6 is 15.9 Å². The Labute approximate surface area is 97.8 Å². The van der Waals surface area contributed by atoms with Gasteiger partial charge in [-0.3, -0.25) is 4.98 Å². The van der Waals surface area contributed by atoms with Crippen LogP contribution in [0.2, 0.25) is 0 Å². The predicted molar refractivity (Wildman–Crippen MR) is 66.9 cm³/mol. The highest BCUT2D eigenvalue weighted by Crippen LogP contribution is 2.20. The minimum absolute atomic E-state index is 0.862. The van der Waals surface area contributed by atoms with Gasteiger partial charge in [0.15, 0.2) is 0 Å². The van der Waals surface area contributed by atoms with Crippen LogP contribution in [0.1, 0.15) is 11.3 Å². The molecule has 0 unspecified atom stereocenters. The van der Waals surface area contributed by atoms with Crippen LogP contribution < -0.4 is 5.32 Å². The smallest absolute Gasteiger partial charge is 0.0706 e. The lowest BCUT2D eigenvalue weighted by Crippen LogP contribution is -2.07. The molecule has 78 valence electrons. The molecule has 15 heavy (non-hydrogen) atoms. The molecule has 0 aliphatic rings. The highest BCUT2D eigenvalue weighted by Gasteiger charge is 2.02. The summed E-state index contributed by atoms with van der Waals surface area (Å²) in [6.45, 7) is 2.91. The molecule has 0 radical (unpaired) electrons. The van der Waals surface area contributed by atoms with E-state index in [1.54, 1.807) is 0 Å². The average Bonchev–Trinajstić information content (AvgIpc) is 2.20. The molecule has 2 nitrogen and oxygen atoms in total. The van der Waals surface area contributed by atoms with E-state index < -0.39 is 0 Å².